The summed E-state index contributed by atoms with van der Waals surface area (Å²) in [6.45, 7) is -1.03. The van der Waals surface area contributed by atoms with E-state index >= 15 is 0 Å². The number of hydrogen-bond donors (Lipinski definition) is 3. The van der Waals surface area contributed by atoms with E-state index in [4.69, 9.17) is 10.5 Å². The first-order valence-electron chi connectivity index (χ1n) is 8.64. The van der Waals surface area contributed by atoms with Crippen molar-refractivity contribution >= 4 is 21.7 Å². The van der Waals surface area contributed by atoms with Crippen LogP contribution in [0.25, 0.3) is 0 Å². The number of rotatable bonds is 8. The molecule has 11 heteroatoms. The van der Waals surface area contributed by atoms with Gasteiger partial charge in [-0.05, 0) is 30.9 Å². The molecular formula is C16H24F2N4O4S. The predicted molar refractivity (Wildman–Crippen MR) is 95.2 cm³/mol. The van der Waals surface area contributed by atoms with Crippen LogP contribution in [0.1, 0.15) is 32.1 Å². The SMILES string of the molecule is COc1nc(NC(=O)[C@@H](N)C2CCCCC2)ccc1S(=O)(=O)NCC(F)F. The van der Waals surface area contributed by atoms with Gasteiger partial charge in [-0.1, -0.05) is 19.3 Å². The van der Waals surface area contributed by atoms with Crippen LogP contribution in [0.5, 0.6) is 5.88 Å². The molecule has 0 spiro atoms. The summed E-state index contributed by atoms with van der Waals surface area (Å²) in [6, 6.07) is 1.70. The number of nitrogens with one attached hydrogen (secondary N) is 2. The Labute approximate surface area is 156 Å². The number of pyridine rings is 1. The first-order chi connectivity index (χ1) is 12.7. The number of methoxy groups -OCH3 is 1. The molecule has 1 aromatic heterocycles. The van der Waals surface area contributed by atoms with Gasteiger partial charge in [-0.2, -0.15) is 4.98 Å². The molecule has 1 aromatic rings. The van der Waals surface area contributed by atoms with Gasteiger partial charge in [0, 0.05) is 0 Å². The number of halogens is 2. The van der Waals surface area contributed by atoms with Gasteiger partial charge in [0.15, 0.2) is 0 Å². The van der Waals surface area contributed by atoms with Crippen molar-refractivity contribution in [3.8, 4) is 5.88 Å². The van der Waals surface area contributed by atoms with E-state index in [0.29, 0.717) is 0 Å². The summed E-state index contributed by atoms with van der Waals surface area (Å²) in [4.78, 5) is 15.9. The van der Waals surface area contributed by atoms with Crippen molar-refractivity contribution in [3.63, 3.8) is 0 Å². The molecule has 1 amide bonds. The van der Waals surface area contributed by atoms with E-state index in [1.807, 2.05) is 0 Å². The fourth-order valence-electron chi connectivity index (χ4n) is 3.02. The first-order valence-corrected chi connectivity index (χ1v) is 10.1. The van der Waals surface area contributed by atoms with Gasteiger partial charge in [-0.15, -0.1) is 0 Å². The van der Waals surface area contributed by atoms with Gasteiger partial charge in [0.1, 0.15) is 10.7 Å². The van der Waals surface area contributed by atoms with Crippen LogP contribution in [0, 0.1) is 5.92 Å². The molecule has 27 heavy (non-hydrogen) atoms. The van der Waals surface area contributed by atoms with Gasteiger partial charge in [0.25, 0.3) is 6.43 Å². The number of ether oxygens (including phenoxy) is 1. The summed E-state index contributed by atoms with van der Waals surface area (Å²) in [7, 11) is -3.04. The average Bonchev–Trinajstić information content (AvgIpc) is 2.66. The largest absolute Gasteiger partial charge is 0.480 e. The summed E-state index contributed by atoms with van der Waals surface area (Å²) in [5.74, 6) is -0.571. The van der Waals surface area contributed by atoms with E-state index in [1.54, 1.807) is 4.72 Å². The van der Waals surface area contributed by atoms with Crippen LogP contribution in [0.2, 0.25) is 0 Å². The van der Waals surface area contributed by atoms with Crippen LogP contribution in [0.15, 0.2) is 17.0 Å². The van der Waals surface area contributed by atoms with Crippen molar-refractivity contribution in [2.24, 2.45) is 11.7 Å². The first kappa shape index (κ1) is 21.5. The number of alkyl halides is 2. The summed E-state index contributed by atoms with van der Waals surface area (Å²) in [6.07, 6.45) is 2.15. The van der Waals surface area contributed by atoms with E-state index in [9.17, 15) is 22.0 Å². The van der Waals surface area contributed by atoms with Gasteiger partial charge >= 0.3 is 0 Å². The van der Waals surface area contributed by atoms with Gasteiger partial charge in [0.05, 0.1) is 19.7 Å². The lowest BCUT2D eigenvalue weighted by Crippen LogP contribution is -2.42. The third kappa shape index (κ3) is 5.81. The summed E-state index contributed by atoms with van der Waals surface area (Å²) < 4.78 is 55.4. The second-order valence-corrected chi connectivity index (χ2v) is 8.10. The minimum Gasteiger partial charge on any atom is -0.480 e. The Morgan fingerprint density at radius 1 is 1.33 bits per heavy atom. The van der Waals surface area contributed by atoms with E-state index < -0.39 is 39.8 Å². The summed E-state index contributed by atoms with van der Waals surface area (Å²) in [5, 5.41) is 2.55. The molecule has 8 nitrogen and oxygen atoms in total. The predicted octanol–water partition coefficient (Wildman–Crippen LogP) is 1.48. The van der Waals surface area contributed by atoms with E-state index in [1.165, 1.54) is 13.2 Å². The molecule has 1 saturated carbocycles. The molecule has 0 bridgehead atoms. The number of nitrogens with two attached hydrogens (primary N) is 1. The highest BCUT2D eigenvalue weighted by atomic mass is 32.2. The third-order valence-electron chi connectivity index (χ3n) is 4.45. The second kappa shape index (κ2) is 9.38. The topological polar surface area (TPSA) is 123 Å². The van der Waals surface area contributed by atoms with Crippen LogP contribution in [-0.2, 0) is 14.8 Å². The molecule has 152 valence electrons. The molecule has 1 aliphatic carbocycles. The standard InChI is InChI=1S/C16H24F2N4O4S/c1-26-16-11(27(24,25)20-9-12(17)18)7-8-13(22-16)21-15(23)14(19)10-5-3-2-4-6-10/h7-8,10,12,14,20H,2-6,9,19H2,1H3,(H,21,22,23)/t14-/m0/s1. The summed E-state index contributed by atoms with van der Waals surface area (Å²) in [5.41, 5.74) is 6.03. The molecule has 0 aliphatic heterocycles. The van der Waals surface area contributed by atoms with Crippen molar-refractivity contribution in [1.82, 2.24) is 9.71 Å². The number of anilines is 1. The maximum Gasteiger partial charge on any atom is 0.251 e. The maximum absolute atomic E-state index is 12.3. The molecule has 2 rings (SSSR count). The Morgan fingerprint density at radius 2 is 2.00 bits per heavy atom. The normalized spacial score (nSPS) is 16.9. The molecule has 0 radical (unpaired) electrons. The molecule has 1 atom stereocenters. The third-order valence-corrected chi connectivity index (χ3v) is 5.88. The van der Waals surface area contributed by atoms with Crippen molar-refractivity contribution in [1.29, 1.82) is 0 Å². The van der Waals surface area contributed by atoms with Gasteiger partial charge in [-0.25, -0.2) is 21.9 Å². The minimum absolute atomic E-state index is 0.0657. The smallest absolute Gasteiger partial charge is 0.251 e. The number of amides is 1. The Morgan fingerprint density at radius 3 is 2.59 bits per heavy atom. The van der Waals surface area contributed by atoms with Crippen LogP contribution >= 0.6 is 0 Å². The zero-order chi connectivity index (χ0) is 20.0. The molecule has 1 aliphatic rings. The molecule has 0 aromatic carbocycles. The van der Waals surface area contributed by atoms with Crippen molar-refractivity contribution in [2.75, 3.05) is 19.0 Å². The fourth-order valence-corrected chi connectivity index (χ4v) is 4.12. The van der Waals surface area contributed by atoms with Crippen molar-refractivity contribution in [3.05, 3.63) is 12.1 Å². The van der Waals surface area contributed by atoms with E-state index in [0.717, 1.165) is 38.2 Å². The number of carbonyl (C=O) groups excluding carboxylic acids is 1. The Hall–Kier alpha value is -1.85. The highest BCUT2D eigenvalue weighted by molar-refractivity contribution is 7.89. The van der Waals surface area contributed by atoms with Crippen LogP contribution in [-0.4, -0.2) is 45.4 Å². The fraction of sp³-hybridized carbons (Fsp3) is 0.625. The molecule has 0 saturated heterocycles. The zero-order valence-corrected chi connectivity index (χ0v) is 15.8. The highest BCUT2D eigenvalue weighted by Crippen LogP contribution is 2.27. The Kier molecular flexibility index (Phi) is 7.45. The lowest BCUT2D eigenvalue weighted by atomic mass is 9.84. The number of carbonyl (C=O) groups is 1. The lowest BCUT2D eigenvalue weighted by molar-refractivity contribution is -0.118. The number of nitrogens with zero attached hydrogens (tertiary/aromatic N) is 1. The molecular weight excluding hydrogens is 382 g/mol. The zero-order valence-electron chi connectivity index (χ0n) is 15.0. The Balaban J connectivity index is 2.11. The van der Waals surface area contributed by atoms with Gasteiger partial charge in [-0.3, -0.25) is 4.79 Å². The average molecular weight is 406 g/mol. The quantitative estimate of drug-likeness (QED) is 0.601. The van der Waals surface area contributed by atoms with Crippen molar-refractivity contribution < 1.29 is 26.7 Å². The maximum atomic E-state index is 12.3. The van der Waals surface area contributed by atoms with Crippen LogP contribution < -0.4 is 20.5 Å². The van der Waals surface area contributed by atoms with Crippen LogP contribution in [0.3, 0.4) is 0 Å². The molecule has 1 fully saturated rings. The Bertz CT molecular complexity index is 755. The van der Waals surface area contributed by atoms with Crippen molar-refractivity contribution in [2.45, 2.75) is 49.5 Å². The van der Waals surface area contributed by atoms with Gasteiger partial charge < -0.3 is 15.8 Å². The van der Waals surface area contributed by atoms with E-state index in [-0.39, 0.29) is 17.6 Å². The molecule has 1 heterocycles. The second-order valence-electron chi connectivity index (χ2n) is 6.36. The number of hydrogen-bond acceptors (Lipinski definition) is 6. The minimum atomic E-state index is -4.23. The number of aromatic nitrogens is 1. The molecule has 4 N–H and O–H groups in total. The summed E-state index contributed by atoms with van der Waals surface area (Å²) >= 11 is 0. The van der Waals surface area contributed by atoms with E-state index in [2.05, 4.69) is 10.3 Å². The lowest BCUT2D eigenvalue weighted by Gasteiger charge is -2.26. The monoisotopic (exact) mass is 406 g/mol. The molecule has 0 unspecified atom stereocenters. The number of sulfonamides is 1. The van der Waals surface area contributed by atoms with Crippen LogP contribution in [0.4, 0.5) is 14.6 Å². The van der Waals surface area contributed by atoms with Gasteiger partial charge in [0.2, 0.25) is 21.8 Å². The highest BCUT2D eigenvalue weighted by Gasteiger charge is 2.27.